The van der Waals surface area contributed by atoms with Crippen LogP contribution in [0.15, 0.2) is 82.2 Å². The molecule has 3 rings (SSSR count). The maximum absolute atomic E-state index is 12.9. The average Bonchev–Trinajstić information content (AvgIpc) is 2.69. The van der Waals surface area contributed by atoms with Crippen molar-refractivity contribution in [1.29, 1.82) is 0 Å². The van der Waals surface area contributed by atoms with Crippen molar-refractivity contribution in [2.75, 3.05) is 4.72 Å². The topological polar surface area (TPSA) is 83.5 Å². The molecule has 0 saturated carbocycles. The molecule has 0 aromatic heterocycles. The predicted molar refractivity (Wildman–Crippen MR) is 112 cm³/mol. The third kappa shape index (κ3) is 4.49. The molecule has 0 aliphatic rings. The minimum absolute atomic E-state index is 0.0397. The fourth-order valence-corrected chi connectivity index (χ4v) is 4.11. The zero-order chi connectivity index (χ0) is 20.3. The molecule has 7 heteroatoms. The van der Waals surface area contributed by atoms with Gasteiger partial charge in [-0.15, -0.1) is 0 Å². The molecule has 28 heavy (non-hydrogen) atoms. The molecule has 0 radical (unpaired) electrons. The molecule has 3 aromatic rings. The number of nitrogens with one attached hydrogen (secondary N) is 1. The Morgan fingerprint density at radius 3 is 2.25 bits per heavy atom. The minimum Gasteiger partial charge on any atom is -0.389 e. The van der Waals surface area contributed by atoms with Gasteiger partial charge in [0.1, 0.15) is 0 Å². The number of carbonyl (C=O) groups is 1. The Kier molecular flexibility index (Phi) is 5.98. The summed E-state index contributed by atoms with van der Waals surface area (Å²) in [6.07, 6.45) is -0.689. The van der Waals surface area contributed by atoms with E-state index in [1.807, 2.05) is 0 Å². The van der Waals surface area contributed by atoms with Crippen molar-refractivity contribution < 1.29 is 18.3 Å². The van der Waals surface area contributed by atoms with Crippen LogP contribution in [0.3, 0.4) is 0 Å². The summed E-state index contributed by atoms with van der Waals surface area (Å²) in [7, 11) is -3.91. The lowest BCUT2D eigenvalue weighted by atomic mass is 10.0. The third-order valence-corrected chi connectivity index (χ3v) is 6.05. The maximum Gasteiger partial charge on any atom is 0.261 e. The Morgan fingerprint density at radius 2 is 1.64 bits per heavy atom. The van der Waals surface area contributed by atoms with Crippen LogP contribution in [0.4, 0.5) is 5.69 Å². The highest BCUT2D eigenvalue weighted by Crippen LogP contribution is 2.26. The summed E-state index contributed by atoms with van der Waals surface area (Å²) in [5.41, 5.74) is 1.51. The van der Waals surface area contributed by atoms with Crippen LogP contribution in [0, 0.1) is 0 Å². The molecule has 1 unspecified atom stereocenters. The summed E-state index contributed by atoms with van der Waals surface area (Å²) in [5, 5.41) is 9.58. The molecule has 1 atom stereocenters. The van der Waals surface area contributed by atoms with E-state index in [9.17, 15) is 18.3 Å². The molecule has 0 spiro atoms. The van der Waals surface area contributed by atoms with Crippen molar-refractivity contribution in [3.63, 3.8) is 0 Å². The molecule has 0 bridgehead atoms. The van der Waals surface area contributed by atoms with E-state index >= 15 is 0 Å². The number of sulfonamides is 1. The number of halogens is 1. The van der Waals surface area contributed by atoms with Gasteiger partial charge in [0.2, 0.25) is 0 Å². The number of hydrogen-bond donors (Lipinski definition) is 2. The van der Waals surface area contributed by atoms with E-state index in [-0.39, 0.29) is 21.9 Å². The van der Waals surface area contributed by atoms with Crippen LogP contribution in [0.5, 0.6) is 0 Å². The van der Waals surface area contributed by atoms with Gasteiger partial charge in [0, 0.05) is 15.6 Å². The number of aliphatic hydroxyl groups excluding tert-OH is 1. The monoisotopic (exact) mass is 459 g/mol. The first kappa shape index (κ1) is 20.3. The molecule has 0 saturated heterocycles. The first-order chi connectivity index (χ1) is 13.3. The highest BCUT2D eigenvalue weighted by Gasteiger charge is 2.20. The van der Waals surface area contributed by atoms with E-state index < -0.39 is 16.1 Å². The quantitative estimate of drug-likeness (QED) is 0.530. The second kappa shape index (κ2) is 8.26. The lowest BCUT2D eigenvalue weighted by Crippen LogP contribution is -2.16. The number of aliphatic hydroxyl groups is 1. The summed E-state index contributed by atoms with van der Waals surface area (Å²) in [6.45, 7) is 1.60. The van der Waals surface area contributed by atoms with Crippen LogP contribution in [0.1, 0.15) is 34.5 Å². The van der Waals surface area contributed by atoms with Crippen molar-refractivity contribution in [3.8, 4) is 0 Å². The van der Waals surface area contributed by atoms with Gasteiger partial charge in [-0.25, -0.2) is 8.42 Å². The minimum atomic E-state index is -3.91. The van der Waals surface area contributed by atoms with Gasteiger partial charge in [-0.05, 0) is 42.8 Å². The number of benzene rings is 3. The lowest BCUT2D eigenvalue weighted by Gasteiger charge is -2.13. The van der Waals surface area contributed by atoms with E-state index in [2.05, 4.69) is 20.7 Å². The molecule has 5 nitrogen and oxygen atoms in total. The lowest BCUT2D eigenvalue weighted by molar-refractivity contribution is 0.103. The normalized spacial score (nSPS) is 12.4. The van der Waals surface area contributed by atoms with Crippen LogP contribution in [-0.2, 0) is 10.0 Å². The second-order valence-corrected chi connectivity index (χ2v) is 8.83. The van der Waals surface area contributed by atoms with Gasteiger partial charge < -0.3 is 5.11 Å². The Bertz CT molecular complexity index is 1100. The summed E-state index contributed by atoms with van der Waals surface area (Å²) >= 11 is 3.33. The highest BCUT2D eigenvalue weighted by atomic mass is 79.9. The van der Waals surface area contributed by atoms with Gasteiger partial charge in [-0.3, -0.25) is 9.52 Å². The second-order valence-electron chi connectivity index (χ2n) is 6.24. The van der Waals surface area contributed by atoms with E-state index in [0.29, 0.717) is 15.6 Å². The fraction of sp³-hybridized carbons (Fsp3) is 0.0952. The zero-order valence-electron chi connectivity index (χ0n) is 15.0. The van der Waals surface area contributed by atoms with Crippen molar-refractivity contribution in [2.45, 2.75) is 17.9 Å². The fourth-order valence-electron chi connectivity index (χ4n) is 2.67. The van der Waals surface area contributed by atoms with Crippen LogP contribution in [0.25, 0.3) is 0 Å². The van der Waals surface area contributed by atoms with E-state index in [1.165, 1.54) is 12.1 Å². The molecule has 144 valence electrons. The number of rotatable bonds is 6. The number of hydrogen-bond acceptors (Lipinski definition) is 4. The van der Waals surface area contributed by atoms with Crippen molar-refractivity contribution >= 4 is 37.4 Å². The molecule has 3 aromatic carbocycles. The standard InChI is InChI=1S/C21H18BrNO4S/c1-14(24)15-7-10-18(11-8-15)28(26,27)23-20-12-9-17(22)13-19(20)21(25)16-5-3-2-4-6-16/h2-14,23-24H,1H3. The van der Waals surface area contributed by atoms with Crippen LogP contribution in [0.2, 0.25) is 0 Å². The molecule has 0 fully saturated rings. The number of anilines is 1. The molecular weight excluding hydrogens is 442 g/mol. The summed E-state index contributed by atoms with van der Waals surface area (Å²) < 4.78 is 28.7. The van der Waals surface area contributed by atoms with Crippen molar-refractivity contribution in [2.24, 2.45) is 0 Å². The average molecular weight is 460 g/mol. The van der Waals surface area contributed by atoms with E-state index in [0.717, 1.165) is 0 Å². The van der Waals surface area contributed by atoms with Gasteiger partial charge in [0.25, 0.3) is 10.0 Å². The van der Waals surface area contributed by atoms with Gasteiger partial charge in [-0.2, -0.15) is 0 Å². The highest BCUT2D eigenvalue weighted by molar-refractivity contribution is 9.10. The molecule has 0 aliphatic carbocycles. The molecule has 0 heterocycles. The van der Waals surface area contributed by atoms with Crippen LogP contribution in [-0.4, -0.2) is 19.3 Å². The largest absolute Gasteiger partial charge is 0.389 e. The summed E-state index contributed by atoms with van der Waals surface area (Å²) in [6, 6.07) is 19.4. The van der Waals surface area contributed by atoms with Gasteiger partial charge in [0.05, 0.1) is 16.7 Å². The summed E-state index contributed by atoms with van der Waals surface area (Å²) in [5.74, 6) is -0.288. The van der Waals surface area contributed by atoms with Crippen LogP contribution < -0.4 is 4.72 Å². The Hall–Kier alpha value is -2.48. The SMILES string of the molecule is CC(O)c1ccc(S(=O)(=O)Nc2ccc(Br)cc2C(=O)c2ccccc2)cc1. The predicted octanol–water partition coefficient (Wildman–Crippen LogP) is 4.53. The summed E-state index contributed by atoms with van der Waals surface area (Å²) in [4.78, 5) is 12.9. The van der Waals surface area contributed by atoms with E-state index in [4.69, 9.17) is 0 Å². The third-order valence-electron chi connectivity index (χ3n) is 4.18. The van der Waals surface area contributed by atoms with Crippen LogP contribution >= 0.6 is 15.9 Å². The Balaban J connectivity index is 1.97. The first-order valence-corrected chi connectivity index (χ1v) is 10.8. The van der Waals surface area contributed by atoms with Gasteiger partial charge >= 0.3 is 0 Å². The first-order valence-electron chi connectivity index (χ1n) is 8.48. The van der Waals surface area contributed by atoms with Crippen molar-refractivity contribution in [1.82, 2.24) is 0 Å². The number of ketones is 1. The molecule has 0 aliphatic heterocycles. The Morgan fingerprint density at radius 1 is 1.00 bits per heavy atom. The molecule has 2 N–H and O–H groups in total. The zero-order valence-corrected chi connectivity index (χ0v) is 17.4. The number of carbonyl (C=O) groups excluding carboxylic acids is 1. The molecular formula is C21H18BrNO4S. The van der Waals surface area contributed by atoms with Gasteiger partial charge in [-0.1, -0.05) is 58.4 Å². The Labute approximate surface area is 172 Å². The maximum atomic E-state index is 12.9. The van der Waals surface area contributed by atoms with Gasteiger partial charge in [0.15, 0.2) is 5.78 Å². The smallest absolute Gasteiger partial charge is 0.261 e. The molecule has 0 amide bonds. The van der Waals surface area contributed by atoms with Crippen molar-refractivity contribution in [3.05, 3.63) is 94.0 Å². The van der Waals surface area contributed by atoms with E-state index in [1.54, 1.807) is 67.6 Å².